The number of piperidine rings is 1. The van der Waals surface area contributed by atoms with Crippen LogP contribution in [0.4, 0.5) is 13.2 Å². The lowest BCUT2D eigenvalue weighted by Crippen LogP contribution is -2.45. The predicted molar refractivity (Wildman–Crippen MR) is 78.0 cm³/mol. The average Bonchev–Trinajstić information content (AvgIpc) is 2.95. The second-order valence-corrected chi connectivity index (χ2v) is 7.03. The van der Waals surface area contributed by atoms with E-state index in [-0.39, 0.29) is 42.9 Å². The number of alkyl halides is 3. The highest BCUT2D eigenvalue weighted by Gasteiger charge is 2.44. The number of carbonyl (C=O) groups is 1. The van der Waals surface area contributed by atoms with Crippen LogP contribution in [0.15, 0.2) is 6.07 Å². The minimum Gasteiger partial charge on any atom is -0.383 e. The Bertz CT molecular complexity index is 555. The van der Waals surface area contributed by atoms with Crippen LogP contribution in [0.3, 0.4) is 0 Å². The summed E-state index contributed by atoms with van der Waals surface area (Å²) in [7, 11) is 0. The van der Waals surface area contributed by atoms with E-state index in [2.05, 4.69) is 10.2 Å². The van der Waals surface area contributed by atoms with Gasteiger partial charge in [-0.2, -0.15) is 18.3 Å². The quantitative estimate of drug-likeness (QED) is 0.874. The molecule has 23 heavy (non-hydrogen) atoms. The number of likely N-dealkylation sites (tertiary alicyclic amines) is 1. The molecule has 1 saturated heterocycles. The lowest BCUT2D eigenvalue weighted by molar-refractivity contribution is -0.222. The summed E-state index contributed by atoms with van der Waals surface area (Å²) in [6.07, 6.45) is -6.68. The van der Waals surface area contributed by atoms with Gasteiger partial charge >= 0.3 is 6.18 Å². The first-order valence-corrected chi connectivity index (χ1v) is 7.60. The first-order valence-electron chi connectivity index (χ1n) is 7.60. The second kappa shape index (κ2) is 6.14. The molecule has 130 valence electrons. The van der Waals surface area contributed by atoms with Crippen molar-refractivity contribution >= 4 is 5.91 Å². The van der Waals surface area contributed by atoms with E-state index in [4.69, 9.17) is 0 Å². The molecule has 5 nitrogen and oxygen atoms in total. The van der Waals surface area contributed by atoms with Crippen LogP contribution in [0.25, 0.3) is 0 Å². The molecule has 0 aliphatic carbocycles. The molecule has 1 aromatic rings. The van der Waals surface area contributed by atoms with Crippen molar-refractivity contribution in [3.63, 3.8) is 0 Å². The number of nitrogens with one attached hydrogen (secondary N) is 1. The van der Waals surface area contributed by atoms with Crippen molar-refractivity contribution in [3.8, 4) is 0 Å². The van der Waals surface area contributed by atoms with Crippen LogP contribution in [0.2, 0.25) is 0 Å². The zero-order valence-electron chi connectivity index (χ0n) is 13.4. The molecule has 2 N–H and O–H groups in total. The van der Waals surface area contributed by atoms with E-state index in [0.29, 0.717) is 0 Å². The molecule has 0 radical (unpaired) electrons. The van der Waals surface area contributed by atoms with Gasteiger partial charge in [0.2, 0.25) is 0 Å². The molecule has 0 saturated carbocycles. The van der Waals surface area contributed by atoms with Crippen molar-refractivity contribution in [1.29, 1.82) is 0 Å². The summed E-state index contributed by atoms with van der Waals surface area (Å²) in [5, 5.41) is 16.1. The second-order valence-electron chi connectivity index (χ2n) is 7.03. The Morgan fingerprint density at radius 3 is 2.35 bits per heavy atom. The number of amides is 1. The molecule has 2 rings (SSSR count). The van der Waals surface area contributed by atoms with Crippen molar-refractivity contribution in [2.75, 3.05) is 13.1 Å². The van der Waals surface area contributed by atoms with E-state index in [1.165, 1.54) is 4.90 Å². The highest BCUT2D eigenvalue weighted by molar-refractivity contribution is 5.92. The van der Waals surface area contributed by atoms with E-state index in [1.54, 1.807) is 6.07 Å². The molecule has 1 aliphatic rings. The number of H-pyrrole nitrogens is 1. The Kier molecular flexibility index (Phi) is 4.75. The van der Waals surface area contributed by atoms with Gasteiger partial charge < -0.3 is 10.0 Å². The Morgan fingerprint density at radius 2 is 1.91 bits per heavy atom. The van der Waals surface area contributed by atoms with Gasteiger partial charge in [-0.05, 0) is 24.8 Å². The lowest BCUT2D eigenvalue weighted by atomic mass is 9.90. The van der Waals surface area contributed by atoms with Gasteiger partial charge in [0, 0.05) is 24.2 Å². The molecule has 1 fully saturated rings. The van der Waals surface area contributed by atoms with E-state index in [9.17, 15) is 23.1 Å². The predicted octanol–water partition coefficient (Wildman–Crippen LogP) is 2.48. The summed E-state index contributed by atoms with van der Waals surface area (Å²) in [4.78, 5) is 13.9. The van der Waals surface area contributed by atoms with Gasteiger partial charge in [0.15, 0.2) is 6.10 Å². The summed E-state index contributed by atoms with van der Waals surface area (Å²) in [6, 6.07) is 1.68. The fraction of sp³-hybridized carbons (Fsp3) is 0.733. The van der Waals surface area contributed by atoms with Gasteiger partial charge in [0.1, 0.15) is 5.69 Å². The van der Waals surface area contributed by atoms with Gasteiger partial charge in [-0.25, -0.2) is 0 Å². The SMILES string of the molecule is CC(C)(C)c1cc(C(=O)N2CCC(C(O)C(F)(F)F)CC2)n[nH]1. The van der Waals surface area contributed by atoms with Crippen molar-refractivity contribution < 1.29 is 23.1 Å². The molecule has 8 heteroatoms. The van der Waals surface area contributed by atoms with E-state index in [0.717, 1.165) is 5.69 Å². The zero-order valence-corrected chi connectivity index (χ0v) is 13.4. The Balaban J connectivity index is 1.97. The number of carbonyl (C=O) groups excluding carboxylic acids is 1. The lowest BCUT2D eigenvalue weighted by Gasteiger charge is -2.34. The third kappa shape index (κ3) is 4.04. The maximum Gasteiger partial charge on any atom is 0.414 e. The number of hydrogen-bond donors (Lipinski definition) is 2. The first-order chi connectivity index (χ1) is 10.5. The van der Waals surface area contributed by atoms with Crippen LogP contribution in [-0.4, -0.2) is 51.5 Å². The minimum atomic E-state index is -4.61. The van der Waals surface area contributed by atoms with Crippen molar-refractivity contribution in [2.24, 2.45) is 5.92 Å². The van der Waals surface area contributed by atoms with Gasteiger partial charge in [-0.15, -0.1) is 0 Å². The Hall–Kier alpha value is -1.57. The topological polar surface area (TPSA) is 69.2 Å². The van der Waals surface area contributed by atoms with Crippen LogP contribution in [0, 0.1) is 5.92 Å². The standard InChI is InChI=1S/C15H22F3N3O2/c1-14(2,3)11-8-10(19-20-11)13(23)21-6-4-9(5-7-21)12(22)15(16,17)18/h8-9,12,22H,4-7H2,1-3H3,(H,19,20). The molecule has 0 spiro atoms. The molecule has 0 aromatic carbocycles. The van der Waals surface area contributed by atoms with Crippen molar-refractivity contribution in [1.82, 2.24) is 15.1 Å². The van der Waals surface area contributed by atoms with Crippen LogP contribution in [0.1, 0.15) is 49.8 Å². The number of aromatic amines is 1. The molecule has 1 aliphatic heterocycles. The Labute approximate surface area is 132 Å². The molecule has 0 bridgehead atoms. The number of aromatic nitrogens is 2. The van der Waals surface area contributed by atoms with E-state index in [1.807, 2.05) is 20.8 Å². The first kappa shape index (κ1) is 17.8. The summed E-state index contributed by atoms with van der Waals surface area (Å²) in [6.45, 7) is 6.33. The summed E-state index contributed by atoms with van der Waals surface area (Å²) in [5.41, 5.74) is 0.919. The van der Waals surface area contributed by atoms with Crippen LogP contribution >= 0.6 is 0 Å². The fourth-order valence-corrected chi connectivity index (χ4v) is 2.66. The van der Waals surface area contributed by atoms with E-state index < -0.39 is 18.2 Å². The molecule has 1 unspecified atom stereocenters. The van der Waals surface area contributed by atoms with Crippen molar-refractivity contribution in [3.05, 3.63) is 17.5 Å². The molecular weight excluding hydrogens is 311 g/mol. The summed E-state index contributed by atoms with van der Waals surface area (Å²) < 4.78 is 37.6. The van der Waals surface area contributed by atoms with Crippen LogP contribution in [-0.2, 0) is 5.41 Å². The van der Waals surface area contributed by atoms with Gasteiger partial charge in [0.25, 0.3) is 5.91 Å². The maximum absolute atomic E-state index is 12.5. The zero-order chi connectivity index (χ0) is 17.4. The monoisotopic (exact) mass is 333 g/mol. The normalized spacial score (nSPS) is 19.0. The molecular formula is C15H22F3N3O2. The third-order valence-electron chi connectivity index (χ3n) is 4.21. The van der Waals surface area contributed by atoms with Crippen molar-refractivity contribution in [2.45, 2.75) is 51.3 Å². The molecule has 2 heterocycles. The number of nitrogens with zero attached hydrogens (tertiary/aromatic N) is 2. The number of aliphatic hydroxyl groups is 1. The number of halogens is 3. The van der Waals surface area contributed by atoms with Crippen LogP contribution in [0.5, 0.6) is 0 Å². The fourth-order valence-electron chi connectivity index (χ4n) is 2.66. The summed E-state index contributed by atoms with van der Waals surface area (Å²) >= 11 is 0. The number of aliphatic hydroxyl groups excluding tert-OH is 1. The largest absolute Gasteiger partial charge is 0.414 e. The van der Waals surface area contributed by atoms with Gasteiger partial charge in [-0.1, -0.05) is 20.8 Å². The number of hydrogen-bond acceptors (Lipinski definition) is 3. The smallest absolute Gasteiger partial charge is 0.383 e. The maximum atomic E-state index is 12.5. The third-order valence-corrected chi connectivity index (χ3v) is 4.21. The highest BCUT2D eigenvalue weighted by atomic mass is 19.4. The van der Waals surface area contributed by atoms with E-state index >= 15 is 0 Å². The Morgan fingerprint density at radius 1 is 1.35 bits per heavy atom. The van der Waals surface area contributed by atoms with Gasteiger partial charge in [-0.3, -0.25) is 9.89 Å². The van der Waals surface area contributed by atoms with Crippen LogP contribution < -0.4 is 0 Å². The number of rotatable bonds is 2. The molecule has 1 aromatic heterocycles. The average molecular weight is 333 g/mol. The molecule has 1 amide bonds. The molecule has 1 atom stereocenters. The van der Waals surface area contributed by atoms with Gasteiger partial charge in [0.05, 0.1) is 0 Å². The minimum absolute atomic E-state index is 0.128. The summed E-state index contributed by atoms with van der Waals surface area (Å²) in [5.74, 6) is -1.15. The highest BCUT2D eigenvalue weighted by Crippen LogP contribution is 2.32.